The second-order valence-corrected chi connectivity index (χ2v) is 17.1. The normalized spacial score (nSPS) is 12.4. The van der Waals surface area contributed by atoms with Crippen molar-refractivity contribution in [2.24, 2.45) is 5.92 Å². The zero-order valence-electron chi connectivity index (χ0n) is 38.2. The van der Waals surface area contributed by atoms with E-state index in [4.69, 9.17) is 9.47 Å². The van der Waals surface area contributed by atoms with Crippen molar-refractivity contribution in [3.8, 4) is 0 Å². The van der Waals surface area contributed by atoms with Gasteiger partial charge in [-0.05, 0) is 66.7 Å². The zero-order chi connectivity index (χ0) is 45.5. The van der Waals surface area contributed by atoms with Crippen LogP contribution in [0.4, 0.5) is 0 Å². The average molecular weight is 873 g/mol. The van der Waals surface area contributed by atoms with Crippen molar-refractivity contribution in [1.82, 2.24) is 10.6 Å². The van der Waals surface area contributed by atoms with Gasteiger partial charge in [0, 0.05) is 25.7 Å². The maximum atomic E-state index is 14.2. The molecular formula is C55H72N2O7. The standard InChI is InChI=1S/C55H72N2O7/c1-2-3-4-5-6-7-8-9-10-11-24-36-52(59)56-51(41-49(58)40-48(39-45-28-18-13-19-29-45)35-25-34-44-26-16-12-17-27-44)54(61)57-50(55(62)64-43-47-32-22-15-23-33-47)37-38-53(60)63-42-46-30-20-14-21-31-46/h12-23,26-33,48,50-51H,2-11,24-25,34-43H2,1H3,(H,56,59)(H,57,61). The first-order valence-electron chi connectivity index (χ1n) is 23.9. The Morgan fingerprint density at radius 1 is 0.484 bits per heavy atom. The number of nitrogens with one attached hydrogen (secondary N) is 2. The van der Waals surface area contributed by atoms with Gasteiger partial charge in [0.05, 0.1) is 0 Å². The highest BCUT2D eigenvalue weighted by molar-refractivity contribution is 5.94. The summed E-state index contributed by atoms with van der Waals surface area (Å²) in [5, 5.41) is 5.62. The summed E-state index contributed by atoms with van der Waals surface area (Å²) in [6.07, 6.45) is 15.9. The Labute approximate surface area is 382 Å². The van der Waals surface area contributed by atoms with Gasteiger partial charge in [-0.1, -0.05) is 192 Å². The molecule has 0 saturated heterocycles. The summed E-state index contributed by atoms with van der Waals surface area (Å²) < 4.78 is 11.1. The molecule has 0 fully saturated rings. The van der Waals surface area contributed by atoms with E-state index in [2.05, 4.69) is 41.8 Å². The molecule has 2 N–H and O–H groups in total. The number of carbonyl (C=O) groups is 5. The predicted octanol–water partition coefficient (Wildman–Crippen LogP) is 11.2. The molecule has 4 aromatic rings. The van der Waals surface area contributed by atoms with Gasteiger partial charge in [0.15, 0.2) is 0 Å². The number of rotatable bonds is 33. The number of ether oxygens (including phenoxy) is 2. The van der Waals surface area contributed by atoms with Crippen molar-refractivity contribution in [3.05, 3.63) is 144 Å². The highest BCUT2D eigenvalue weighted by Crippen LogP contribution is 2.22. The maximum Gasteiger partial charge on any atom is 0.328 e. The third-order valence-electron chi connectivity index (χ3n) is 11.6. The number of ketones is 1. The summed E-state index contributed by atoms with van der Waals surface area (Å²) in [5.41, 5.74) is 3.95. The molecule has 0 aromatic heterocycles. The molecule has 64 heavy (non-hydrogen) atoms. The van der Waals surface area contributed by atoms with Crippen molar-refractivity contribution in [2.75, 3.05) is 0 Å². The second kappa shape index (κ2) is 31.3. The van der Waals surface area contributed by atoms with Gasteiger partial charge in [-0.2, -0.15) is 0 Å². The first kappa shape index (κ1) is 51.1. The fourth-order valence-corrected chi connectivity index (χ4v) is 7.94. The highest BCUT2D eigenvalue weighted by atomic mass is 16.5. The fourth-order valence-electron chi connectivity index (χ4n) is 7.94. The smallest absolute Gasteiger partial charge is 0.328 e. The number of benzene rings is 4. The van der Waals surface area contributed by atoms with E-state index in [-0.39, 0.29) is 62.9 Å². The molecule has 4 rings (SSSR count). The van der Waals surface area contributed by atoms with Crippen LogP contribution in [0.5, 0.6) is 0 Å². The van der Waals surface area contributed by atoms with Crippen LogP contribution in [0, 0.1) is 5.92 Å². The molecule has 0 spiro atoms. The van der Waals surface area contributed by atoms with E-state index in [1.54, 1.807) is 0 Å². The minimum Gasteiger partial charge on any atom is -0.461 e. The highest BCUT2D eigenvalue weighted by Gasteiger charge is 2.30. The lowest BCUT2D eigenvalue weighted by Gasteiger charge is -2.23. The molecule has 9 nitrogen and oxygen atoms in total. The molecule has 0 saturated carbocycles. The molecule has 0 bridgehead atoms. The molecular weight excluding hydrogens is 801 g/mol. The molecule has 2 amide bonds. The monoisotopic (exact) mass is 873 g/mol. The van der Waals surface area contributed by atoms with E-state index >= 15 is 0 Å². The van der Waals surface area contributed by atoms with Crippen molar-refractivity contribution in [2.45, 2.75) is 161 Å². The van der Waals surface area contributed by atoms with Crippen LogP contribution in [-0.4, -0.2) is 41.6 Å². The Bertz CT molecular complexity index is 1910. The van der Waals surface area contributed by atoms with Crippen LogP contribution >= 0.6 is 0 Å². The molecule has 0 aliphatic rings. The largest absolute Gasteiger partial charge is 0.461 e. The van der Waals surface area contributed by atoms with Crippen LogP contribution in [0.3, 0.4) is 0 Å². The first-order chi connectivity index (χ1) is 31.3. The van der Waals surface area contributed by atoms with Crippen LogP contribution in [0.1, 0.15) is 145 Å². The van der Waals surface area contributed by atoms with E-state index in [1.807, 2.05) is 97.1 Å². The Balaban J connectivity index is 1.42. The van der Waals surface area contributed by atoms with Gasteiger partial charge in [-0.15, -0.1) is 0 Å². The van der Waals surface area contributed by atoms with Crippen molar-refractivity contribution in [3.63, 3.8) is 0 Å². The summed E-state index contributed by atoms with van der Waals surface area (Å²) >= 11 is 0. The number of esters is 2. The van der Waals surface area contributed by atoms with Gasteiger partial charge in [-0.25, -0.2) is 4.79 Å². The number of Topliss-reactive ketones (excluding diaryl/α,β-unsaturated/α-hetero) is 1. The van der Waals surface area contributed by atoms with E-state index in [1.165, 1.54) is 50.5 Å². The molecule has 3 atom stereocenters. The number of unbranched alkanes of at least 4 members (excludes halogenated alkanes) is 10. The SMILES string of the molecule is CCCCCCCCCCCCCC(=O)NC(CC(=O)CC(CCCc1ccccc1)Cc1ccccc1)C(=O)NC(CCC(=O)OCc1ccccc1)C(=O)OCc1ccccc1. The molecule has 0 aliphatic heterocycles. The number of hydrogen-bond acceptors (Lipinski definition) is 7. The van der Waals surface area contributed by atoms with Crippen molar-refractivity contribution < 1.29 is 33.4 Å². The Morgan fingerprint density at radius 3 is 1.55 bits per heavy atom. The van der Waals surface area contributed by atoms with E-state index in [0.717, 1.165) is 55.2 Å². The first-order valence-corrected chi connectivity index (χ1v) is 23.9. The molecule has 0 aliphatic carbocycles. The van der Waals surface area contributed by atoms with Crippen molar-refractivity contribution in [1.29, 1.82) is 0 Å². The van der Waals surface area contributed by atoms with E-state index < -0.39 is 29.9 Å². The maximum absolute atomic E-state index is 14.2. The van der Waals surface area contributed by atoms with Crippen LogP contribution < -0.4 is 10.6 Å². The lowest BCUT2D eigenvalue weighted by molar-refractivity contribution is -0.150. The number of aryl methyl sites for hydroxylation is 1. The third-order valence-corrected chi connectivity index (χ3v) is 11.6. The van der Waals surface area contributed by atoms with E-state index in [0.29, 0.717) is 12.8 Å². The van der Waals surface area contributed by atoms with E-state index in [9.17, 15) is 24.0 Å². The summed E-state index contributed by atoms with van der Waals surface area (Å²) in [7, 11) is 0. The van der Waals surface area contributed by atoms with Crippen molar-refractivity contribution >= 4 is 29.5 Å². The van der Waals surface area contributed by atoms with Gasteiger partial charge in [-0.3, -0.25) is 19.2 Å². The van der Waals surface area contributed by atoms with Crippen LogP contribution in [0.2, 0.25) is 0 Å². The van der Waals surface area contributed by atoms with Gasteiger partial charge >= 0.3 is 11.9 Å². The Kier molecular flexibility index (Phi) is 25.0. The minimum absolute atomic E-state index is 0.0250. The number of carbonyl (C=O) groups excluding carboxylic acids is 5. The predicted molar refractivity (Wildman–Crippen MR) is 254 cm³/mol. The van der Waals surface area contributed by atoms with Crippen LogP contribution in [-0.2, 0) is 59.5 Å². The topological polar surface area (TPSA) is 128 Å². The quantitative estimate of drug-likeness (QED) is 0.0360. The molecule has 9 heteroatoms. The zero-order valence-corrected chi connectivity index (χ0v) is 38.2. The number of hydrogen-bond donors (Lipinski definition) is 2. The molecule has 344 valence electrons. The van der Waals surface area contributed by atoms with Crippen LogP contribution in [0.25, 0.3) is 0 Å². The molecule has 0 heterocycles. The fraction of sp³-hybridized carbons (Fsp3) is 0.473. The Morgan fingerprint density at radius 2 is 0.984 bits per heavy atom. The average Bonchev–Trinajstić information content (AvgIpc) is 3.31. The molecule has 4 aromatic carbocycles. The van der Waals surface area contributed by atoms with Gasteiger partial charge < -0.3 is 20.1 Å². The van der Waals surface area contributed by atoms with Gasteiger partial charge in [0.2, 0.25) is 11.8 Å². The summed E-state index contributed by atoms with van der Waals surface area (Å²) in [4.78, 5) is 68.2. The second-order valence-electron chi connectivity index (χ2n) is 17.1. The Hall–Kier alpha value is -5.57. The number of amides is 2. The lowest BCUT2D eigenvalue weighted by atomic mass is 9.87. The molecule has 0 radical (unpaired) electrons. The third kappa shape index (κ3) is 22.2. The summed E-state index contributed by atoms with van der Waals surface area (Å²) in [6.45, 7) is 2.27. The lowest BCUT2D eigenvalue weighted by Crippen LogP contribution is -2.52. The minimum atomic E-state index is -1.23. The summed E-state index contributed by atoms with van der Waals surface area (Å²) in [5.74, 6) is -2.39. The summed E-state index contributed by atoms with van der Waals surface area (Å²) in [6, 6.07) is 36.4. The van der Waals surface area contributed by atoms with Gasteiger partial charge in [0.1, 0.15) is 31.1 Å². The molecule has 3 unspecified atom stereocenters. The van der Waals surface area contributed by atoms with Crippen LogP contribution in [0.15, 0.2) is 121 Å². The van der Waals surface area contributed by atoms with Gasteiger partial charge in [0.25, 0.3) is 0 Å².